The van der Waals surface area contributed by atoms with Gasteiger partial charge in [0.25, 0.3) is 0 Å². The molecule has 0 aliphatic carbocycles. The van der Waals surface area contributed by atoms with Crippen LogP contribution in [0.1, 0.15) is 24.4 Å². The summed E-state index contributed by atoms with van der Waals surface area (Å²) in [6.45, 7) is 2.69. The van der Waals surface area contributed by atoms with Crippen molar-refractivity contribution in [3.63, 3.8) is 0 Å². The normalized spacial score (nSPS) is 19.5. The van der Waals surface area contributed by atoms with Gasteiger partial charge in [0.1, 0.15) is 0 Å². The van der Waals surface area contributed by atoms with Crippen molar-refractivity contribution in [2.45, 2.75) is 24.9 Å². The summed E-state index contributed by atoms with van der Waals surface area (Å²) in [6.07, 6.45) is 2.25. The van der Waals surface area contributed by atoms with Crippen LogP contribution in [-0.2, 0) is 0 Å². The molecule has 1 saturated heterocycles. The average Bonchev–Trinajstić information content (AvgIpc) is 2.42. The van der Waals surface area contributed by atoms with Crippen LogP contribution in [-0.4, -0.2) is 49.6 Å². The molecule has 0 saturated carbocycles. The van der Waals surface area contributed by atoms with Crippen LogP contribution >= 0.6 is 0 Å². The van der Waals surface area contributed by atoms with Gasteiger partial charge in [-0.15, -0.1) is 0 Å². The van der Waals surface area contributed by atoms with Crippen LogP contribution in [0.15, 0.2) is 18.2 Å². The predicted octanol–water partition coefficient (Wildman–Crippen LogP) is 1.99. The minimum atomic E-state index is -0.829. The number of nitrogens with zero attached hydrogens (tertiary/aromatic N) is 2. The largest absolute Gasteiger partial charge is 0.323 e. The van der Waals surface area contributed by atoms with Crippen LogP contribution in [0.3, 0.4) is 0 Å². The molecule has 0 bridgehead atoms. The second-order valence-electron chi connectivity index (χ2n) is 5.78. The summed E-state index contributed by atoms with van der Waals surface area (Å²) in [5.74, 6) is -1.66. The molecule has 1 heterocycles. The highest BCUT2D eigenvalue weighted by molar-refractivity contribution is 5.21. The first kappa shape index (κ1) is 15.4. The van der Waals surface area contributed by atoms with Gasteiger partial charge >= 0.3 is 0 Å². The van der Waals surface area contributed by atoms with Gasteiger partial charge in [-0.1, -0.05) is 6.07 Å². The van der Waals surface area contributed by atoms with Crippen LogP contribution in [0.5, 0.6) is 0 Å². The van der Waals surface area contributed by atoms with Gasteiger partial charge in [-0.3, -0.25) is 0 Å². The van der Waals surface area contributed by atoms with E-state index in [9.17, 15) is 8.78 Å². The first-order valence-corrected chi connectivity index (χ1v) is 7.06. The molecule has 2 N–H and O–H groups in total. The average molecular weight is 283 g/mol. The van der Waals surface area contributed by atoms with Gasteiger partial charge in [0.2, 0.25) is 0 Å². The molecule has 1 fully saturated rings. The van der Waals surface area contributed by atoms with E-state index in [2.05, 4.69) is 23.9 Å². The van der Waals surface area contributed by atoms with E-state index in [1.807, 2.05) is 0 Å². The third-order valence-electron chi connectivity index (χ3n) is 4.11. The Morgan fingerprint density at radius 2 is 1.90 bits per heavy atom. The fraction of sp³-hybridized carbons (Fsp3) is 0.600. The Morgan fingerprint density at radius 1 is 1.25 bits per heavy atom. The second kappa shape index (κ2) is 6.61. The minimum absolute atomic E-state index is 0.277. The number of hydrogen-bond acceptors (Lipinski definition) is 3. The predicted molar refractivity (Wildman–Crippen MR) is 76.4 cm³/mol. The molecule has 3 nitrogen and oxygen atoms in total. The summed E-state index contributed by atoms with van der Waals surface area (Å²) >= 11 is 0. The Kier molecular flexibility index (Phi) is 5.07. The molecule has 0 aromatic heterocycles. The molecule has 20 heavy (non-hydrogen) atoms. The fourth-order valence-electron chi connectivity index (χ4n) is 2.74. The van der Waals surface area contributed by atoms with Crippen molar-refractivity contribution >= 4 is 0 Å². The molecule has 0 radical (unpaired) electrons. The van der Waals surface area contributed by atoms with Crippen LogP contribution in [0.2, 0.25) is 0 Å². The lowest BCUT2D eigenvalue weighted by Gasteiger charge is -2.36. The van der Waals surface area contributed by atoms with Crippen molar-refractivity contribution in [1.82, 2.24) is 9.80 Å². The Bertz CT molecular complexity index is 443. The van der Waals surface area contributed by atoms with Gasteiger partial charge in [0.05, 0.1) is 0 Å². The first-order chi connectivity index (χ1) is 9.47. The number of rotatable bonds is 4. The van der Waals surface area contributed by atoms with E-state index < -0.39 is 11.6 Å². The monoisotopic (exact) mass is 283 g/mol. The number of nitrogens with two attached hydrogens (primary N) is 1. The molecular formula is C15H23F2N3. The quantitative estimate of drug-likeness (QED) is 0.917. The number of hydrogen-bond donors (Lipinski definition) is 1. The van der Waals surface area contributed by atoms with E-state index in [-0.39, 0.29) is 6.04 Å². The number of halogens is 2. The topological polar surface area (TPSA) is 32.5 Å². The van der Waals surface area contributed by atoms with Crippen LogP contribution in [0, 0.1) is 11.6 Å². The van der Waals surface area contributed by atoms with Gasteiger partial charge in [-0.25, -0.2) is 8.78 Å². The highest BCUT2D eigenvalue weighted by atomic mass is 19.2. The minimum Gasteiger partial charge on any atom is -0.323 e. The third kappa shape index (κ3) is 3.75. The lowest BCUT2D eigenvalue weighted by atomic mass is 10.0. The van der Waals surface area contributed by atoms with E-state index >= 15 is 0 Å². The fourth-order valence-corrected chi connectivity index (χ4v) is 2.74. The summed E-state index contributed by atoms with van der Waals surface area (Å²) in [5.41, 5.74) is 6.75. The smallest absolute Gasteiger partial charge is 0.159 e. The highest BCUT2D eigenvalue weighted by Gasteiger charge is 2.22. The third-order valence-corrected chi connectivity index (χ3v) is 4.11. The molecule has 1 aromatic rings. The van der Waals surface area contributed by atoms with Gasteiger partial charge in [0.15, 0.2) is 11.6 Å². The van der Waals surface area contributed by atoms with E-state index in [1.54, 1.807) is 6.07 Å². The zero-order chi connectivity index (χ0) is 14.7. The van der Waals surface area contributed by atoms with E-state index in [4.69, 9.17) is 5.73 Å². The highest BCUT2D eigenvalue weighted by Crippen LogP contribution is 2.19. The van der Waals surface area contributed by atoms with Gasteiger partial charge < -0.3 is 15.5 Å². The van der Waals surface area contributed by atoms with Crippen LogP contribution in [0.4, 0.5) is 8.78 Å². The summed E-state index contributed by atoms with van der Waals surface area (Å²) < 4.78 is 26.1. The number of piperidine rings is 1. The van der Waals surface area contributed by atoms with E-state index in [0.29, 0.717) is 18.2 Å². The van der Waals surface area contributed by atoms with E-state index in [1.165, 1.54) is 6.07 Å². The molecule has 1 aliphatic heterocycles. The lowest BCUT2D eigenvalue weighted by Crippen LogP contribution is -2.44. The molecule has 2 rings (SSSR count). The van der Waals surface area contributed by atoms with Crippen LogP contribution in [0.25, 0.3) is 0 Å². The molecular weight excluding hydrogens is 260 g/mol. The Hall–Kier alpha value is -1.04. The molecule has 1 atom stereocenters. The van der Waals surface area contributed by atoms with Crippen molar-refractivity contribution in [1.29, 1.82) is 0 Å². The maximum absolute atomic E-state index is 13.2. The zero-order valence-corrected chi connectivity index (χ0v) is 12.1. The molecule has 5 heteroatoms. The summed E-state index contributed by atoms with van der Waals surface area (Å²) in [7, 11) is 4.21. The molecule has 0 spiro atoms. The van der Waals surface area contributed by atoms with Crippen molar-refractivity contribution in [3.05, 3.63) is 35.4 Å². The molecule has 1 unspecified atom stereocenters. The maximum Gasteiger partial charge on any atom is 0.159 e. The summed E-state index contributed by atoms with van der Waals surface area (Å²) in [4.78, 5) is 4.55. The van der Waals surface area contributed by atoms with Crippen molar-refractivity contribution in [2.75, 3.05) is 33.7 Å². The Balaban J connectivity index is 1.89. The zero-order valence-electron chi connectivity index (χ0n) is 12.1. The number of benzene rings is 1. The Labute approximate surface area is 119 Å². The molecule has 1 aliphatic rings. The van der Waals surface area contributed by atoms with Crippen molar-refractivity contribution < 1.29 is 8.78 Å². The van der Waals surface area contributed by atoms with Crippen molar-refractivity contribution in [2.24, 2.45) is 5.73 Å². The number of likely N-dealkylation sites (tertiary alicyclic amines) is 1. The van der Waals surface area contributed by atoms with Crippen molar-refractivity contribution in [3.8, 4) is 0 Å². The standard InChI is InChI=1S/C15H23F2N3/c1-19(2)12-5-7-20(8-6-12)10-15(18)11-3-4-13(16)14(17)9-11/h3-4,9,12,15H,5-8,10,18H2,1-2H3. The molecule has 112 valence electrons. The van der Waals surface area contributed by atoms with Gasteiger partial charge in [-0.05, 0) is 57.7 Å². The summed E-state index contributed by atoms with van der Waals surface area (Å²) in [6, 6.07) is 4.26. The first-order valence-electron chi connectivity index (χ1n) is 7.06. The molecule has 0 amide bonds. The van der Waals surface area contributed by atoms with E-state index in [0.717, 1.165) is 32.0 Å². The lowest BCUT2D eigenvalue weighted by molar-refractivity contribution is 0.139. The summed E-state index contributed by atoms with van der Waals surface area (Å²) in [5, 5.41) is 0. The molecule has 1 aromatic carbocycles. The SMILES string of the molecule is CN(C)C1CCN(CC(N)c2ccc(F)c(F)c2)CC1. The Morgan fingerprint density at radius 3 is 2.45 bits per heavy atom. The van der Waals surface area contributed by atoms with Gasteiger partial charge in [0, 0.05) is 18.6 Å². The second-order valence-corrected chi connectivity index (χ2v) is 5.78. The van der Waals surface area contributed by atoms with Gasteiger partial charge in [-0.2, -0.15) is 0 Å². The van der Waals surface area contributed by atoms with Crippen LogP contribution < -0.4 is 5.73 Å². The maximum atomic E-state index is 13.2.